The van der Waals surface area contributed by atoms with Gasteiger partial charge in [0.2, 0.25) is 10.0 Å². The Balaban J connectivity index is 2.17. The second-order valence-corrected chi connectivity index (χ2v) is 7.78. The van der Waals surface area contributed by atoms with E-state index in [1.165, 1.54) is 4.31 Å². The van der Waals surface area contributed by atoms with Gasteiger partial charge in [0.1, 0.15) is 5.75 Å². The predicted molar refractivity (Wildman–Crippen MR) is 90.3 cm³/mol. The number of ether oxygens (including phenoxy) is 1. The van der Waals surface area contributed by atoms with Crippen LogP contribution in [0.2, 0.25) is 0 Å². The number of aryl methyl sites for hydroxylation is 1. The van der Waals surface area contributed by atoms with E-state index in [2.05, 4.69) is 12.2 Å². The molecular weight excluding hydrogens is 316 g/mol. The molecule has 1 heterocycles. The number of amides is 1. The molecule has 0 radical (unpaired) electrons. The summed E-state index contributed by atoms with van der Waals surface area (Å²) < 4.78 is 31.1. The van der Waals surface area contributed by atoms with Gasteiger partial charge in [-0.2, -0.15) is 0 Å². The van der Waals surface area contributed by atoms with Crippen LogP contribution in [-0.2, 0) is 14.8 Å². The lowest BCUT2D eigenvalue weighted by molar-refractivity contribution is -0.127. The zero-order chi connectivity index (χ0) is 17.0. The number of hydrogen-bond acceptors (Lipinski definition) is 4. The Morgan fingerprint density at radius 2 is 2.13 bits per heavy atom. The predicted octanol–water partition coefficient (Wildman–Crippen LogP) is 1.83. The first-order valence-corrected chi connectivity index (χ1v) is 9.70. The lowest BCUT2D eigenvalue weighted by Gasteiger charge is -2.34. The molecule has 0 saturated carbocycles. The average molecular weight is 340 g/mol. The van der Waals surface area contributed by atoms with Crippen molar-refractivity contribution in [3.8, 4) is 5.75 Å². The summed E-state index contributed by atoms with van der Waals surface area (Å²) in [4.78, 5) is 12.3. The van der Waals surface area contributed by atoms with Crippen LogP contribution >= 0.6 is 0 Å². The summed E-state index contributed by atoms with van der Waals surface area (Å²) in [6.07, 6.45) is 3.33. The number of unbranched alkanes of at least 4 members (excludes halogenated alkanes) is 2. The number of benzene rings is 1. The molecule has 1 aromatic carbocycles. The van der Waals surface area contributed by atoms with Gasteiger partial charge in [-0.25, -0.2) is 8.42 Å². The summed E-state index contributed by atoms with van der Waals surface area (Å²) in [6, 6.07) is 5.30. The summed E-state index contributed by atoms with van der Waals surface area (Å²) in [5.41, 5.74) is 1.42. The second kappa shape index (κ2) is 7.21. The van der Waals surface area contributed by atoms with Gasteiger partial charge < -0.3 is 10.1 Å². The number of carbonyl (C=O) groups is 1. The zero-order valence-electron chi connectivity index (χ0n) is 13.8. The van der Waals surface area contributed by atoms with E-state index in [1.54, 1.807) is 12.1 Å². The lowest BCUT2D eigenvalue weighted by atomic mass is 10.1. The molecule has 23 heavy (non-hydrogen) atoms. The number of sulfonamides is 1. The number of nitrogens with zero attached hydrogens (tertiary/aromatic N) is 1. The summed E-state index contributed by atoms with van der Waals surface area (Å²) >= 11 is 0. The third-order valence-electron chi connectivity index (χ3n) is 3.76. The smallest absolute Gasteiger partial charge is 0.263 e. The van der Waals surface area contributed by atoms with Gasteiger partial charge in [-0.3, -0.25) is 9.10 Å². The molecule has 1 atom stereocenters. The molecule has 6 nitrogen and oxygen atoms in total. The number of carbonyl (C=O) groups excluding carboxylic acids is 1. The largest absolute Gasteiger partial charge is 0.476 e. The van der Waals surface area contributed by atoms with E-state index in [0.717, 1.165) is 31.1 Å². The van der Waals surface area contributed by atoms with Crippen LogP contribution in [0.3, 0.4) is 0 Å². The van der Waals surface area contributed by atoms with Gasteiger partial charge in [-0.05, 0) is 31.0 Å². The number of nitrogens with one attached hydrogen (secondary N) is 1. The summed E-state index contributed by atoms with van der Waals surface area (Å²) in [5.74, 6) is 0.141. The van der Waals surface area contributed by atoms with Crippen molar-refractivity contribution in [3.05, 3.63) is 23.8 Å². The number of fused-ring (bicyclic) bond motifs is 1. The van der Waals surface area contributed by atoms with Gasteiger partial charge in [0, 0.05) is 6.54 Å². The van der Waals surface area contributed by atoms with Crippen LogP contribution in [0.5, 0.6) is 5.75 Å². The normalized spacial score (nSPS) is 17.3. The third-order valence-corrected chi connectivity index (χ3v) is 4.90. The summed E-state index contributed by atoms with van der Waals surface area (Å²) in [5, 5.41) is 2.82. The van der Waals surface area contributed by atoms with Crippen molar-refractivity contribution in [1.29, 1.82) is 0 Å². The molecule has 1 N–H and O–H groups in total. The fourth-order valence-electron chi connectivity index (χ4n) is 2.51. The molecule has 0 aromatic heterocycles. The van der Waals surface area contributed by atoms with Crippen molar-refractivity contribution < 1.29 is 17.9 Å². The Kier molecular flexibility index (Phi) is 5.51. The number of hydrogen-bond donors (Lipinski definition) is 1. The summed E-state index contributed by atoms with van der Waals surface area (Å²) in [6.45, 7) is 4.54. The van der Waals surface area contributed by atoms with E-state index >= 15 is 0 Å². The first kappa shape index (κ1) is 17.6. The van der Waals surface area contributed by atoms with Gasteiger partial charge in [-0.1, -0.05) is 25.8 Å². The van der Waals surface area contributed by atoms with E-state index < -0.39 is 16.1 Å². The minimum Gasteiger partial charge on any atom is -0.476 e. The van der Waals surface area contributed by atoms with Crippen molar-refractivity contribution in [1.82, 2.24) is 5.32 Å². The molecule has 0 spiro atoms. The first-order valence-electron chi connectivity index (χ1n) is 7.85. The molecule has 1 aliphatic rings. The molecule has 1 unspecified atom stereocenters. The Morgan fingerprint density at radius 1 is 1.39 bits per heavy atom. The highest BCUT2D eigenvalue weighted by molar-refractivity contribution is 7.92. The zero-order valence-corrected chi connectivity index (χ0v) is 14.6. The van der Waals surface area contributed by atoms with E-state index in [-0.39, 0.29) is 12.5 Å². The highest BCUT2D eigenvalue weighted by Crippen LogP contribution is 2.35. The van der Waals surface area contributed by atoms with Crippen molar-refractivity contribution in [2.45, 2.75) is 39.2 Å². The monoisotopic (exact) mass is 340 g/mol. The van der Waals surface area contributed by atoms with E-state index in [9.17, 15) is 13.2 Å². The van der Waals surface area contributed by atoms with Crippen LogP contribution in [-0.4, -0.2) is 39.8 Å². The maximum absolute atomic E-state index is 12.3. The minimum absolute atomic E-state index is 0.00506. The molecule has 2 rings (SSSR count). The first-order chi connectivity index (χ1) is 10.8. The van der Waals surface area contributed by atoms with Gasteiger partial charge in [0.15, 0.2) is 6.10 Å². The van der Waals surface area contributed by atoms with Gasteiger partial charge in [0.25, 0.3) is 5.91 Å². The van der Waals surface area contributed by atoms with Crippen LogP contribution in [0.1, 0.15) is 31.7 Å². The van der Waals surface area contributed by atoms with Gasteiger partial charge >= 0.3 is 0 Å². The molecule has 0 aliphatic carbocycles. The van der Waals surface area contributed by atoms with Crippen LogP contribution in [0.15, 0.2) is 18.2 Å². The maximum atomic E-state index is 12.3. The average Bonchev–Trinajstić information content (AvgIpc) is 2.49. The minimum atomic E-state index is -3.48. The van der Waals surface area contributed by atoms with E-state index in [1.807, 2.05) is 13.0 Å². The highest BCUT2D eigenvalue weighted by atomic mass is 32.2. The molecule has 0 fully saturated rings. The Bertz CT molecular complexity index is 673. The maximum Gasteiger partial charge on any atom is 0.263 e. The van der Waals surface area contributed by atoms with Crippen LogP contribution < -0.4 is 14.4 Å². The van der Waals surface area contributed by atoms with Crippen LogP contribution in [0.4, 0.5) is 5.69 Å². The molecular formula is C16H24N2O4S. The lowest BCUT2D eigenvalue weighted by Crippen LogP contribution is -2.50. The standard InChI is InChI=1S/C16H24N2O4S/c1-4-5-6-9-17-16(19)15-11-18(23(3,20)21)13-10-12(2)7-8-14(13)22-15/h7-8,10,15H,4-6,9,11H2,1-3H3,(H,17,19). The summed E-state index contributed by atoms with van der Waals surface area (Å²) in [7, 11) is -3.48. The Labute approximate surface area is 137 Å². The highest BCUT2D eigenvalue weighted by Gasteiger charge is 2.34. The Morgan fingerprint density at radius 3 is 2.78 bits per heavy atom. The molecule has 128 valence electrons. The van der Waals surface area contributed by atoms with E-state index in [0.29, 0.717) is 18.0 Å². The van der Waals surface area contributed by atoms with E-state index in [4.69, 9.17) is 4.74 Å². The molecule has 1 aromatic rings. The molecule has 0 bridgehead atoms. The fourth-order valence-corrected chi connectivity index (χ4v) is 3.42. The Hall–Kier alpha value is -1.76. The fraction of sp³-hybridized carbons (Fsp3) is 0.562. The second-order valence-electron chi connectivity index (χ2n) is 5.87. The SMILES string of the molecule is CCCCCNC(=O)C1CN(S(C)(=O)=O)c2cc(C)ccc2O1. The molecule has 1 aliphatic heterocycles. The van der Waals surface area contributed by atoms with Gasteiger partial charge in [0.05, 0.1) is 18.5 Å². The van der Waals surface area contributed by atoms with Crippen molar-refractivity contribution in [2.75, 3.05) is 23.7 Å². The quantitative estimate of drug-likeness (QED) is 0.802. The van der Waals surface area contributed by atoms with Crippen molar-refractivity contribution >= 4 is 21.6 Å². The molecule has 1 amide bonds. The van der Waals surface area contributed by atoms with Crippen LogP contribution in [0.25, 0.3) is 0 Å². The topological polar surface area (TPSA) is 75.7 Å². The number of rotatable bonds is 6. The third kappa shape index (κ3) is 4.37. The number of anilines is 1. The molecule has 0 saturated heterocycles. The van der Waals surface area contributed by atoms with Crippen LogP contribution in [0, 0.1) is 6.92 Å². The van der Waals surface area contributed by atoms with Gasteiger partial charge in [-0.15, -0.1) is 0 Å². The van der Waals surface area contributed by atoms with Crippen molar-refractivity contribution in [3.63, 3.8) is 0 Å². The molecule has 7 heteroatoms. The van der Waals surface area contributed by atoms with Crippen molar-refractivity contribution in [2.24, 2.45) is 0 Å².